The van der Waals surface area contributed by atoms with E-state index in [1.807, 2.05) is 6.92 Å². The highest BCUT2D eigenvalue weighted by atomic mass is 15.4. The zero-order valence-corrected chi connectivity index (χ0v) is 8.90. The lowest BCUT2D eigenvalue weighted by Crippen LogP contribution is -2.19. The lowest BCUT2D eigenvalue weighted by Gasteiger charge is -2.13. The third-order valence-electron chi connectivity index (χ3n) is 2.79. The Morgan fingerprint density at radius 1 is 1.47 bits per heavy atom. The van der Waals surface area contributed by atoms with E-state index in [4.69, 9.17) is 11.0 Å². The van der Waals surface area contributed by atoms with E-state index >= 15 is 0 Å². The SMILES string of the molecule is CCn1nc(N2CCCC2)c(C#N)c1N. The van der Waals surface area contributed by atoms with Gasteiger partial charge >= 0.3 is 0 Å². The van der Waals surface area contributed by atoms with E-state index in [2.05, 4.69) is 16.1 Å². The summed E-state index contributed by atoms with van der Waals surface area (Å²) >= 11 is 0. The summed E-state index contributed by atoms with van der Waals surface area (Å²) in [4.78, 5) is 2.14. The molecule has 0 saturated carbocycles. The Bertz CT molecular complexity index is 395. The fourth-order valence-electron chi connectivity index (χ4n) is 1.96. The fourth-order valence-corrected chi connectivity index (χ4v) is 1.96. The van der Waals surface area contributed by atoms with Crippen molar-refractivity contribution in [2.75, 3.05) is 23.7 Å². The van der Waals surface area contributed by atoms with Crippen LogP contribution in [0.25, 0.3) is 0 Å². The van der Waals surface area contributed by atoms with Gasteiger partial charge in [-0.3, -0.25) is 0 Å². The van der Waals surface area contributed by atoms with Crippen LogP contribution in [0.3, 0.4) is 0 Å². The zero-order chi connectivity index (χ0) is 10.8. The molecule has 0 unspecified atom stereocenters. The van der Waals surface area contributed by atoms with E-state index in [0.29, 0.717) is 17.9 Å². The summed E-state index contributed by atoms with van der Waals surface area (Å²) < 4.78 is 1.69. The van der Waals surface area contributed by atoms with Crippen LogP contribution in [0.5, 0.6) is 0 Å². The summed E-state index contributed by atoms with van der Waals surface area (Å²) in [7, 11) is 0. The highest BCUT2D eigenvalue weighted by Gasteiger charge is 2.22. The van der Waals surface area contributed by atoms with Gasteiger partial charge in [0.05, 0.1) is 0 Å². The van der Waals surface area contributed by atoms with E-state index in [-0.39, 0.29) is 0 Å². The molecular formula is C10H15N5. The number of hydrogen-bond acceptors (Lipinski definition) is 4. The van der Waals surface area contributed by atoms with Crippen LogP contribution in [0.15, 0.2) is 0 Å². The number of nitrogens with two attached hydrogens (primary N) is 1. The van der Waals surface area contributed by atoms with Crippen LogP contribution < -0.4 is 10.6 Å². The predicted octanol–water partition coefficient (Wildman–Crippen LogP) is 0.957. The molecule has 1 aromatic rings. The number of aromatic nitrogens is 2. The number of nitriles is 1. The van der Waals surface area contributed by atoms with Crippen LogP contribution in [0.1, 0.15) is 25.3 Å². The van der Waals surface area contributed by atoms with Gasteiger partial charge in [0.1, 0.15) is 17.5 Å². The lowest BCUT2D eigenvalue weighted by atomic mass is 10.3. The van der Waals surface area contributed by atoms with Crippen molar-refractivity contribution in [1.29, 1.82) is 5.26 Å². The summed E-state index contributed by atoms with van der Waals surface area (Å²) in [6.07, 6.45) is 2.34. The molecule has 0 aromatic carbocycles. The van der Waals surface area contributed by atoms with E-state index in [0.717, 1.165) is 18.9 Å². The molecule has 2 N–H and O–H groups in total. The van der Waals surface area contributed by atoms with Crippen molar-refractivity contribution in [3.8, 4) is 6.07 Å². The third-order valence-corrected chi connectivity index (χ3v) is 2.79. The summed E-state index contributed by atoms with van der Waals surface area (Å²) in [6.45, 7) is 4.64. The van der Waals surface area contributed by atoms with Crippen molar-refractivity contribution in [3.63, 3.8) is 0 Å². The number of nitrogens with zero attached hydrogens (tertiary/aromatic N) is 4. The maximum Gasteiger partial charge on any atom is 0.170 e. The number of rotatable bonds is 2. The Morgan fingerprint density at radius 2 is 2.13 bits per heavy atom. The molecule has 15 heavy (non-hydrogen) atoms. The predicted molar refractivity (Wildman–Crippen MR) is 58.5 cm³/mol. The van der Waals surface area contributed by atoms with Crippen LogP contribution in [0, 0.1) is 11.3 Å². The van der Waals surface area contributed by atoms with Crippen molar-refractivity contribution in [2.24, 2.45) is 0 Å². The maximum atomic E-state index is 9.06. The second kappa shape index (κ2) is 3.81. The third kappa shape index (κ3) is 1.52. The van der Waals surface area contributed by atoms with Gasteiger partial charge in [0.25, 0.3) is 0 Å². The van der Waals surface area contributed by atoms with Crippen LogP contribution in [-0.4, -0.2) is 22.9 Å². The second-order valence-corrected chi connectivity index (χ2v) is 3.71. The molecule has 80 valence electrons. The molecule has 5 heteroatoms. The molecule has 1 aliphatic heterocycles. The van der Waals surface area contributed by atoms with Gasteiger partial charge in [0.15, 0.2) is 5.82 Å². The highest BCUT2D eigenvalue weighted by Crippen LogP contribution is 2.26. The molecule has 2 rings (SSSR count). The first-order chi connectivity index (χ1) is 7.27. The van der Waals surface area contributed by atoms with Gasteiger partial charge in [0, 0.05) is 19.6 Å². The average Bonchev–Trinajstić information content (AvgIpc) is 2.84. The fraction of sp³-hybridized carbons (Fsp3) is 0.600. The standard InChI is InChI=1S/C10H15N5/c1-2-15-9(12)8(7-11)10(13-15)14-5-3-4-6-14/h2-6,12H2,1H3. The Balaban J connectivity index is 2.42. The highest BCUT2D eigenvalue weighted by molar-refractivity contribution is 5.65. The summed E-state index contributed by atoms with van der Waals surface area (Å²) in [6, 6.07) is 2.15. The molecule has 0 atom stereocenters. The molecule has 1 aromatic heterocycles. The largest absolute Gasteiger partial charge is 0.383 e. The number of aryl methyl sites for hydroxylation is 1. The van der Waals surface area contributed by atoms with Gasteiger partial charge in [-0.25, -0.2) is 4.68 Å². The van der Waals surface area contributed by atoms with Gasteiger partial charge < -0.3 is 10.6 Å². The molecule has 0 bridgehead atoms. The van der Waals surface area contributed by atoms with Crippen LogP contribution in [0.2, 0.25) is 0 Å². The minimum Gasteiger partial charge on any atom is -0.383 e. The van der Waals surface area contributed by atoms with Gasteiger partial charge in [-0.15, -0.1) is 0 Å². The van der Waals surface area contributed by atoms with Crippen molar-refractivity contribution in [3.05, 3.63) is 5.56 Å². The average molecular weight is 205 g/mol. The first kappa shape index (κ1) is 9.84. The normalized spacial score (nSPS) is 15.6. The van der Waals surface area contributed by atoms with Crippen molar-refractivity contribution >= 4 is 11.6 Å². The molecule has 0 amide bonds. The number of nitrogen functional groups attached to an aromatic ring is 1. The van der Waals surface area contributed by atoms with E-state index in [9.17, 15) is 0 Å². The van der Waals surface area contributed by atoms with Gasteiger partial charge in [-0.1, -0.05) is 0 Å². The Morgan fingerprint density at radius 3 is 2.67 bits per heavy atom. The van der Waals surface area contributed by atoms with Gasteiger partial charge in [0.2, 0.25) is 0 Å². The van der Waals surface area contributed by atoms with Crippen LogP contribution >= 0.6 is 0 Å². The number of hydrogen-bond donors (Lipinski definition) is 1. The molecule has 1 fully saturated rings. The topological polar surface area (TPSA) is 70.9 Å². The van der Waals surface area contributed by atoms with E-state index < -0.39 is 0 Å². The number of anilines is 2. The summed E-state index contributed by atoms with van der Waals surface area (Å²) in [5.41, 5.74) is 6.37. The minimum absolute atomic E-state index is 0.488. The first-order valence-corrected chi connectivity index (χ1v) is 5.29. The summed E-state index contributed by atoms with van der Waals surface area (Å²) in [5.74, 6) is 1.25. The quantitative estimate of drug-likeness (QED) is 0.780. The monoisotopic (exact) mass is 205 g/mol. The molecule has 0 radical (unpaired) electrons. The second-order valence-electron chi connectivity index (χ2n) is 3.71. The van der Waals surface area contributed by atoms with Crippen LogP contribution in [0.4, 0.5) is 11.6 Å². The Labute approximate surface area is 89.1 Å². The summed E-state index contributed by atoms with van der Waals surface area (Å²) in [5, 5.41) is 13.4. The molecule has 5 nitrogen and oxygen atoms in total. The molecule has 0 aliphatic carbocycles. The van der Waals surface area contributed by atoms with Gasteiger partial charge in [-0.2, -0.15) is 10.4 Å². The minimum atomic E-state index is 0.488. The molecular weight excluding hydrogens is 190 g/mol. The molecule has 1 aliphatic rings. The van der Waals surface area contributed by atoms with E-state index in [1.165, 1.54) is 12.8 Å². The van der Waals surface area contributed by atoms with Gasteiger partial charge in [-0.05, 0) is 19.8 Å². The van der Waals surface area contributed by atoms with Crippen LogP contribution in [-0.2, 0) is 6.54 Å². The zero-order valence-electron chi connectivity index (χ0n) is 8.90. The molecule has 0 spiro atoms. The smallest absolute Gasteiger partial charge is 0.170 e. The first-order valence-electron chi connectivity index (χ1n) is 5.29. The molecule has 2 heterocycles. The Kier molecular flexibility index (Phi) is 2.50. The van der Waals surface area contributed by atoms with Crippen molar-refractivity contribution < 1.29 is 0 Å². The van der Waals surface area contributed by atoms with E-state index in [1.54, 1.807) is 4.68 Å². The molecule has 1 saturated heterocycles. The lowest BCUT2D eigenvalue weighted by molar-refractivity contribution is 0.665. The van der Waals surface area contributed by atoms with Crippen molar-refractivity contribution in [1.82, 2.24) is 9.78 Å². The maximum absolute atomic E-state index is 9.06. The van der Waals surface area contributed by atoms with Crippen molar-refractivity contribution in [2.45, 2.75) is 26.3 Å². The Hall–Kier alpha value is -1.70.